The third-order valence-electron chi connectivity index (χ3n) is 5.87. The summed E-state index contributed by atoms with van der Waals surface area (Å²) in [5.41, 5.74) is 2.89. The van der Waals surface area contributed by atoms with Gasteiger partial charge in [0.25, 0.3) is 0 Å². The quantitative estimate of drug-likeness (QED) is 0.631. The summed E-state index contributed by atoms with van der Waals surface area (Å²) in [5.74, 6) is 2.95. The van der Waals surface area contributed by atoms with Gasteiger partial charge in [0.2, 0.25) is 6.79 Å². The second kappa shape index (κ2) is 9.11. The molecule has 3 aromatic rings. The number of carbonyl (C=O) groups excluding carboxylic acids is 1. The number of ether oxygens (including phenoxy) is 3. The van der Waals surface area contributed by atoms with Crippen LogP contribution in [0.3, 0.4) is 0 Å². The normalized spacial score (nSPS) is 15.6. The van der Waals surface area contributed by atoms with E-state index in [0.29, 0.717) is 32.0 Å². The number of piperazine rings is 1. The molecule has 2 aliphatic heterocycles. The molecule has 172 valence electrons. The number of para-hydroxylation sites is 1. The number of aryl methyl sites for hydroxylation is 1. The first-order valence-corrected chi connectivity index (χ1v) is 11.2. The predicted octanol–water partition coefficient (Wildman–Crippen LogP) is 3.68. The van der Waals surface area contributed by atoms with Crippen molar-refractivity contribution < 1.29 is 19.0 Å². The van der Waals surface area contributed by atoms with Gasteiger partial charge in [0.05, 0.1) is 18.7 Å². The Morgan fingerprint density at radius 3 is 2.73 bits per heavy atom. The first kappa shape index (κ1) is 21.3. The highest BCUT2D eigenvalue weighted by Gasteiger charge is 2.23. The second-order valence-electron chi connectivity index (χ2n) is 8.11. The standard InChI is InChI=1S/C24H27N5O4/c1-3-31-24(30)29-11-9-28(10-12-29)14-21-26-22-16(2)5-4-6-18(22)23(27-21)25-17-7-8-19-20(13-17)33-15-32-19/h4-8,13H,3,9-12,14-15H2,1-2H3,(H,25,26,27). The van der Waals surface area contributed by atoms with Crippen molar-refractivity contribution in [2.75, 3.05) is 44.9 Å². The summed E-state index contributed by atoms with van der Waals surface area (Å²) >= 11 is 0. The molecule has 1 aromatic heterocycles. The summed E-state index contributed by atoms with van der Waals surface area (Å²) in [4.78, 5) is 25.7. The highest BCUT2D eigenvalue weighted by atomic mass is 16.7. The molecule has 0 bridgehead atoms. The smallest absolute Gasteiger partial charge is 0.409 e. The summed E-state index contributed by atoms with van der Waals surface area (Å²) in [6.07, 6.45) is -0.245. The Labute approximate surface area is 192 Å². The maximum Gasteiger partial charge on any atom is 0.409 e. The van der Waals surface area contributed by atoms with Crippen LogP contribution in [-0.4, -0.2) is 65.4 Å². The van der Waals surface area contributed by atoms with Gasteiger partial charge >= 0.3 is 6.09 Å². The van der Waals surface area contributed by atoms with Crippen molar-refractivity contribution in [2.45, 2.75) is 20.4 Å². The summed E-state index contributed by atoms with van der Waals surface area (Å²) < 4.78 is 16.0. The maximum absolute atomic E-state index is 12.0. The van der Waals surface area contributed by atoms with E-state index < -0.39 is 0 Å². The van der Waals surface area contributed by atoms with Gasteiger partial charge in [-0.1, -0.05) is 12.1 Å². The van der Waals surface area contributed by atoms with E-state index in [-0.39, 0.29) is 12.9 Å². The van der Waals surface area contributed by atoms with Crippen LogP contribution in [0, 0.1) is 6.92 Å². The minimum atomic E-state index is -0.245. The van der Waals surface area contributed by atoms with Gasteiger partial charge in [-0.15, -0.1) is 0 Å². The Hall–Kier alpha value is -3.59. The average Bonchev–Trinajstić information content (AvgIpc) is 3.28. The van der Waals surface area contributed by atoms with Gasteiger partial charge in [0.15, 0.2) is 11.5 Å². The van der Waals surface area contributed by atoms with E-state index in [1.807, 2.05) is 37.3 Å². The molecule has 0 radical (unpaired) electrons. The summed E-state index contributed by atoms with van der Waals surface area (Å²) in [6, 6.07) is 11.9. The van der Waals surface area contributed by atoms with Crippen LogP contribution in [-0.2, 0) is 11.3 Å². The topological polar surface area (TPSA) is 89.1 Å². The minimum absolute atomic E-state index is 0.238. The molecule has 0 unspecified atom stereocenters. The van der Waals surface area contributed by atoms with E-state index in [1.165, 1.54) is 0 Å². The largest absolute Gasteiger partial charge is 0.454 e. The number of nitrogens with zero attached hydrogens (tertiary/aromatic N) is 4. The molecule has 0 saturated carbocycles. The molecule has 1 saturated heterocycles. The van der Waals surface area contributed by atoms with Gasteiger partial charge in [0.1, 0.15) is 11.6 Å². The van der Waals surface area contributed by atoms with Crippen molar-refractivity contribution >= 4 is 28.5 Å². The molecule has 1 N–H and O–H groups in total. The summed E-state index contributed by atoms with van der Waals surface area (Å²) in [6.45, 7) is 7.88. The highest BCUT2D eigenvalue weighted by molar-refractivity contribution is 5.92. The lowest BCUT2D eigenvalue weighted by atomic mass is 10.1. The third-order valence-corrected chi connectivity index (χ3v) is 5.87. The number of carbonyl (C=O) groups is 1. The Bertz CT molecular complexity index is 1180. The molecule has 9 heteroatoms. The first-order chi connectivity index (χ1) is 16.1. The van der Waals surface area contributed by atoms with Gasteiger partial charge in [-0.2, -0.15) is 0 Å². The molecule has 2 aliphatic rings. The lowest BCUT2D eigenvalue weighted by Crippen LogP contribution is -2.48. The number of amides is 1. The van der Waals surface area contributed by atoms with E-state index >= 15 is 0 Å². The van der Waals surface area contributed by atoms with Gasteiger partial charge < -0.3 is 24.4 Å². The van der Waals surface area contributed by atoms with Gasteiger partial charge in [-0.05, 0) is 37.6 Å². The van der Waals surface area contributed by atoms with Crippen LogP contribution in [0.25, 0.3) is 10.9 Å². The fourth-order valence-electron chi connectivity index (χ4n) is 4.12. The predicted molar refractivity (Wildman–Crippen MR) is 124 cm³/mol. The van der Waals surface area contributed by atoms with Crippen molar-refractivity contribution in [3.8, 4) is 11.5 Å². The monoisotopic (exact) mass is 449 g/mol. The molecule has 1 fully saturated rings. The third kappa shape index (κ3) is 4.49. The number of aromatic nitrogens is 2. The number of rotatable bonds is 5. The van der Waals surface area contributed by atoms with Crippen LogP contribution >= 0.6 is 0 Å². The molecule has 9 nitrogen and oxygen atoms in total. The SMILES string of the molecule is CCOC(=O)N1CCN(Cc2nc(Nc3ccc4c(c3)OCO4)c3cccc(C)c3n2)CC1. The lowest BCUT2D eigenvalue weighted by molar-refractivity contribution is 0.0772. The fourth-order valence-corrected chi connectivity index (χ4v) is 4.12. The maximum atomic E-state index is 12.0. The Morgan fingerprint density at radius 1 is 1.09 bits per heavy atom. The van der Waals surface area contributed by atoms with Crippen LogP contribution < -0.4 is 14.8 Å². The number of hydrogen-bond acceptors (Lipinski definition) is 8. The molecule has 0 atom stereocenters. The highest BCUT2D eigenvalue weighted by Crippen LogP contribution is 2.36. The van der Waals surface area contributed by atoms with E-state index in [9.17, 15) is 4.79 Å². The number of hydrogen-bond donors (Lipinski definition) is 1. The zero-order chi connectivity index (χ0) is 22.8. The molecule has 3 heterocycles. The molecule has 5 rings (SSSR count). The molecule has 33 heavy (non-hydrogen) atoms. The van der Waals surface area contributed by atoms with Crippen molar-refractivity contribution in [1.82, 2.24) is 19.8 Å². The second-order valence-corrected chi connectivity index (χ2v) is 8.11. The minimum Gasteiger partial charge on any atom is -0.454 e. The van der Waals surface area contributed by atoms with Crippen molar-refractivity contribution in [2.24, 2.45) is 0 Å². The Morgan fingerprint density at radius 2 is 1.91 bits per heavy atom. The van der Waals surface area contributed by atoms with Crippen LogP contribution in [0.2, 0.25) is 0 Å². The van der Waals surface area contributed by atoms with Crippen LogP contribution in [0.1, 0.15) is 18.3 Å². The van der Waals surface area contributed by atoms with E-state index in [2.05, 4.69) is 23.2 Å². The van der Waals surface area contributed by atoms with E-state index in [4.69, 9.17) is 24.2 Å². The molecular weight excluding hydrogens is 422 g/mol. The molecule has 2 aromatic carbocycles. The zero-order valence-electron chi connectivity index (χ0n) is 18.8. The van der Waals surface area contributed by atoms with E-state index in [1.54, 1.807) is 4.90 Å². The first-order valence-electron chi connectivity index (χ1n) is 11.2. The van der Waals surface area contributed by atoms with E-state index in [0.717, 1.165) is 52.6 Å². The summed E-state index contributed by atoms with van der Waals surface area (Å²) in [7, 11) is 0. The van der Waals surface area contributed by atoms with Crippen LogP contribution in [0.5, 0.6) is 11.5 Å². The van der Waals surface area contributed by atoms with Crippen LogP contribution in [0.15, 0.2) is 36.4 Å². The van der Waals surface area contributed by atoms with Crippen LogP contribution in [0.4, 0.5) is 16.3 Å². The van der Waals surface area contributed by atoms with Gasteiger partial charge in [-0.3, -0.25) is 4.90 Å². The number of anilines is 2. The fraction of sp³-hybridized carbons (Fsp3) is 0.375. The molecular formula is C24H27N5O4. The molecule has 0 aliphatic carbocycles. The van der Waals surface area contributed by atoms with Crippen molar-refractivity contribution in [3.05, 3.63) is 47.8 Å². The van der Waals surface area contributed by atoms with Crippen molar-refractivity contribution in [3.63, 3.8) is 0 Å². The number of nitrogens with one attached hydrogen (secondary N) is 1. The number of fused-ring (bicyclic) bond motifs is 2. The van der Waals surface area contributed by atoms with Gasteiger partial charge in [-0.25, -0.2) is 14.8 Å². The number of benzene rings is 2. The van der Waals surface area contributed by atoms with Gasteiger partial charge in [0, 0.05) is 43.3 Å². The Balaban J connectivity index is 1.37. The zero-order valence-corrected chi connectivity index (χ0v) is 18.8. The molecule has 0 spiro atoms. The summed E-state index contributed by atoms with van der Waals surface area (Å²) in [5, 5.41) is 4.40. The van der Waals surface area contributed by atoms with Crippen molar-refractivity contribution in [1.29, 1.82) is 0 Å². The lowest BCUT2D eigenvalue weighted by Gasteiger charge is -2.33. The molecule has 1 amide bonds. The average molecular weight is 450 g/mol. The Kier molecular flexibility index (Phi) is 5.87.